The highest BCUT2D eigenvalue weighted by Gasteiger charge is 2.38. The average molecular weight is 303 g/mol. The van der Waals surface area contributed by atoms with Gasteiger partial charge in [-0.05, 0) is 63.8 Å². The van der Waals surface area contributed by atoms with Gasteiger partial charge in [-0.15, -0.1) is 0 Å². The first-order valence-electron chi connectivity index (χ1n) is 8.09. The summed E-state index contributed by atoms with van der Waals surface area (Å²) < 4.78 is 6.14. The molecule has 1 saturated carbocycles. The molecule has 2 unspecified atom stereocenters. The van der Waals surface area contributed by atoms with Crippen LogP contribution in [-0.4, -0.2) is 16.6 Å². The number of carbonyl (C=O) groups excluding carboxylic acids is 1. The Morgan fingerprint density at radius 1 is 1.41 bits per heavy atom. The number of ether oxygens (including phenoxy) is 1. The number of carbonyl (C=O) groups is 1. The van der Waals surface area contributed by atoms with Crippen LogP contribution in [0.4, 0.5) is 0 Å². The topological polar surface area (TPSA) is 58.6 Å². The fourth-order valence-electron chi connectivity index (χ4n) is 3.15. The zero-order valence-electron chi connectivity index (χ0n) is 13.8. The van der Waals surface area contributed by atoms with Gasteiger partial charge in [-0.25, -0.2) is 0 Å². The third-order valence-electron chi connectivity index (χ3n) is 4.52. The van der Waals surface area contributed by atoms with Crippen molar-refractivity contribution in [3.8, 4) is 5.75 Å². The SMILES string of the molecule is Cc1cc(C(C)O)cc2c1OC(C)(C)CC2NC(=O)C1CC1. The van der Waals surface area contributed by atoms with Crippen LogP contribution in [-0.2, 0) is 4.79 Å². The molecule has 3 rings (SSSR count). The zero-order chi connectivity index (χ0) is 16.1. The molecule has 2 aliphatic rings. The molecule has 0 aromatic heterocycles. The number of amides is 1. The van der Waals surface area contributed by atoms with Gasteiger partial charge in [0.1, 0.15) is 11.4 Å². The molecule has 0 spiro atoms. The fraction of sp³-hybridized carbons (Fsp3) is 0.611. The Kier molecular flexibility index (Phi) is 3.68. The van der Waals surface area contributed by atoms with Crippen molar-refractivity contribution in [2.75, 3.05) is 0 Å². The summed E-state index contributed by atoms with van der Waals surface area (Å²) in [6.07, 6.45) is 2.20. The maximum absolute atomic E-state index is 12.2. The number of hydrogen-bond donors (Lipinski definition) is 2. The molecule has 2 atom stereocenters. The van der Waals surface area contributed by atoms with Gasteiger partial charge in [-0.3, -0.25) is 4.79 Å². The zero-order valence-corrected chi connectivity index (χ0v) is 13.8. The Morgan fingerprint density at radius 3 is 2.68 bits per heavy atom. The van der Waals surface area contributed by atoms with Crippen LogP contribution in [0.2, 0.25) is 0 Å². The first-order valence-corrected chi connectivity index (χ1v) is 8.09. The molecular weight excluding hydrogens is 278 g/mol. The van der Waals surface area contributed by atoms with Gasteiger partial charge < -0.3 is 15.2 Å². The summed E-state index contributed by atoms with van der Waals surface area (Å²) in [6.45, 7) is 7.85. The van der Waals surface area contributed by atoms with Crippen molar-refractivity contribution >= 4 is 5.91 Å². The predicted molar refractivity (Wildman–Crippen MR) is 84.7 cm³/mol. The number of aryl methyl sites for hydroxylation is 1. The summed E-state index contributed by atoms with van der Waals surface area (Å²) >= 11 is 0. The smallest absolute Gasteiger partial charge is 0.223 e. The molecule has 1 amide bonds. The highest BCUT2D eigenvalue weighted by Crippen LogP contribution is 2.43. The minimum atomic E-state index is -0.529. The van der Waals surface area contributed by atoms with Crippen molar-refractivity contribution < 1.29 is 14.6 Å². The molecule has 4 heteroatoms. The summed E-state index contributed by atoms with van der Waals surface area (Å²) in [5, 5.41) is 13.1. The summed E-state index contributed by atoms with van der Waals surface area (Å²) in [5.41, 5.74) is 2.55. The molecule has 1 heterocycles. The molecule has 1 aliphatic carbocycles. The van der Waals surface area contributed by atoms with E-state index in [1.807, 2.05) is 32.9 Å². The largest absolute Gasteiger partial charge is 0.487 e. The molecule has 4 nitrogen and oxygen atoms in total. The minimum absolute atomic E-state index is 0.0516. The second kappa shape index (κ2) is 5.27. The molecule has 1 fully saturated rings. The molecule has 1 aromatic carbocycles. The number of nitrogens with one attached hydrogen (secondary N) is 1. The van der Waals surface area contributed by atoms with Crippen LogP contribution in [0, 0.1) is 12.8 Å². The first kappa shape index (κ1) is 15.3. The molecule has 0 saturated heterocycles. The molecule has 1 aliphatic heterocycles. The first-order chi connectivity index (χ1) is 10.3. The van der Waals surface area contributed by atoms with E-state index in [-0.39, 0.29) is 23.5 Å². The summed E-state index contributed by atoms with van der Waals surface area (Å²) in [4.78, 5) is 12.2. The molecule has 2 N–H and O–H groups in total. The number of aliphatic hydroxyl groups excluding tert-OH is 1. The van der Waals surface area contributed by atoms with E-state index in [4.69, 9.17) is 4.74 Å². The second-order valence-corrected chi connectivity index (χ2v) is 7.33. The van der Waals surface area contributed by atoms with E-state index >= 15 is 0 Å². The van der Waals surface area contributed by atoms with Crippen LogP contribution in [0.25, 0.3) is 0 Å². The van der Waals surface area contributed by atoms with Gasteiger partial charge >= 0.3 is 0 Å². The second-order valence-electron chi connectivity index (χ2n) is 7.33. The van der Waals surface area contributed by atoms with Crippen molar-refractivity contribution in [3.63, 3.8) is 0 Å². The lowest BCUT2D eigenvalue weighted by atomic mass is 9.86. The van der Waals surface area contributed by atoms with E-state index in [0.29, 0.717) is 0 Å². The third kappa shape index (κ3) is 2.98. The summed E-state index contributed by atoms with van der Waals surface area (Å²) in [6, 6.07) is 3.88. The number of rotatable bonds is 3. The maximum Gasteiger partial charge on any atom is 0.223 e. The lowest BCUT2D eigenvalue weighted by Crippen LogP contribution is -2.42. The lowest BCUT2D eigenvalue weighted by molar-refractivity contribution is -0.123. The molecule has 0 bridgehead atoms. The van der Waals surface area contributed by atoms with E-state index in [1.165, 1.54) is 0 Å². The molecule has 0 radical (unpaired) electrons. The minimum Gasteiger partial charge on any atom is -0.487 e. The van der Waals surface area contributed by atoms with Crippen LogP contribution in [0.15, 0.2) is 12.1 Å². The fourth-order valence-corrected chi connectivity index (χ4v) is 3.15. The standard InChI is InChI=1S/C18H25NO3/c1-10-7-13(11(2)20)8-14-15(19-17(21)12-5-6-12)9-18(3,4)22-16(10)14/h7-8,11-12,15,20H,5-6,9H2,1-4H3,(H,19,21). The monoisotopic (exact) mass is 303 g/mol. The van der Waals surface area contributed by atoms with E-state index in [1.54, 1.807) is 6.92 Å². The Labute approximate surface area is 131 Å². The summed E-state index contributed by atoms with van der Waals surface area (Å²) in [5.74, 6) is 1.19. The molecular formula is C18H25NO3. The van der Waals surface area contributed by atoms with Crippen molar-refractivity contribution in [2.45, 2.75) is 64.7 Å². The number of hydrogen-bond acceptors (Lipinski definition) is 3. The molecule has 22 heavy (non-hydrogen) atoms. The number of benzene rings is 1. The van der Waals surface area contributed by atoms with E-state index in [2.05, 4.69) is 5.32 Å². The van der Waals surface area contributed by atoms with Gasteiger partial charge in [-0.1, -0.05) is 0 Å². The van der Waals surface area contributed by atoms with Crippen LogP contribution in [0.1, 0.15) is 68.9 Å². The maximum atomic E-state index is 12.2. The van der Waals surface area contributed by atoms with Crippen LogP contribution >= 0.6 is 0 Å². The van der Waals surface area contributed by atoms with Crippen molar-refractivity contribution in [3.05, 3.63) is 28.8 Å². The normalized spacial score (nSPS) is 24.1. The predicted octanol–water partition coefficient (Wildman–Crippen LogP) is 3.18. The van der Waals surface area contributed by atoms with Crippen LogP contribution < -0.4 is 10.1 Å². The van der Waals surface area contributed by atoms with Gasteiger partial charge in [-0.2, -0.15) is 0 Å². The van der Waals surface area contributed by atoms with Gasteiger partial charge in [0.05, 0.1) is 12.1 Å². The van der Waals surface area contributed by atoms with Gasteiger partial charge in [0, 0.05) is 17.9 Å². The highest BCUT2D eigenvalue weighted by molar-refractivity contribution is 5.81. The van der Waals surface area contributed by atoms with Crippen LogP contribution in [0.5, 0.6) is 5.75 Å². The lowest BCUT2D eigenvalue weighted by Gasteiger charge is -2.39. The van der Waals surface area contributed by atoms with Crippen LogP contribution in [0.3, 0.4) is 0 Å². The van der Waals surface area contributed by atoms with Crippen molar-refractivity contribution in [2.24, 2.45) is 5.92 Å². The molecule has 1 aromatic rings. The quantitative estimate of drug-likeness (QED) is 0.901. The summed E-state index contributed by atoms with van der Waals surface area (Å²) in [7, 11) is 0. The van der Waals surface area contributed by atoms with E-state index in [0.717, 1.165) is 41.7 Å². The van der Waals surface area contributed by atoms with E-state index in [9.17, 15) is 9.90 Å². The van der Waals surface area contributed by atoms with Crippen molar-refractivity contribution in [1.29, 1.82) is 0 Å². The van der Waals surface area contributed by atoms with Crippen molar-refractivity contribution in [1.82, 2.24) is 5.32 Å². The number of fused-ring (bicyclic) bond motifs is 1. The third-order valence-corrected chi connectivity index (χ3v) is 4.52. The Hall–Kier alpha value is -1.55. The van der Waals surface area contributed by atoms with Gasteiger partial charge in [0.25, 0.3) is 0 Å². The number of aliphatic hydroxyl groups is 1. The average Bonchev–Trinajstić information content (AvgIpc) is 3.23. The Balaban J connectivity index is 1.98. The van der Waals surface area contributed by atoms with E-state index < -0.39 is 6.10 Å². The Morgan fingerprint density at radius 2 is 2.09 bits per heavy atom. The Bertz CT molecular complexity index is 603. The van der Waals surface area contributed by atoms with Gasteiger partial charge in [0.2, 0.25) is 5.91 Å². The van der Waals surface area contributed by atoms with Gasteiger partial charge in [0.15, 0.2) is 0 Å². The molecule has 120 valence electrons. The highest BCUT2D eigenvalue weighted by atomic mass is 16.5.